The van der Waals surface area contributed by atoms with Gasteiger partial charge in [-0.2, -0.15) is 0 Å². The summed E-state index contributed by atoms with van der Waals surface area (Å²) in [5, 5.41) is 15.9. The number of hydrogen-bond donors (Lipinski definition) is 3. The number of carbonyl (C=O) groups excluding carboxylic acids is 2. The summed E-state index contributed by atoms with van der Waals surface area (Å²) in [5.74, 6) is -0.0674. The fourth-order valence-corrected chi connectivity index (χ4v) is 1.44. The first-order chi connectivity index (χ1) is 9.31. The highest BCUT2D eigenvalue weighted by molar-refractivity contribution is 5.94. The van der Waals surface area contributed by atoms with E-state index in [0.29, 0.717) is 5.82 Å². The molecular weight excluding hydrogens is 258 g/mol. The van der Waals surface area contributed by atoms with Crippen LogP contribution in [-0.2, 0) is 4.79 Å². The highest BCUT2D eigenvalue weighted by Crippen LogP contribution is 2.01. The van der Waals surface area contributed by atoms with Crippen LogP contribution in [0.4, 0.5) is 5.82 Å². The molecule has 0 saturated heterocycles. The third kappa shape index (κ3) is 5.64. The van der Waals surface area contributed by atoms with E-state index in [1.165, 1.54) is 0 Å². The van der Waals surface area contributed by atoms with Crippen molar-refractivity contribution >= 4 is 17.6 Å². The smallest absolute Gasteiger partial charge is 0.272 e. The lowest BCUT2D eigenvalue weighted by molar-refractivity contribution is -0.121. The Hall–Kier alpha value is -2.18. The first-order valence-corrected chi connectivity index (χ1v) is 6.48. The molecule has 0 bridgehead atoms. The average molecular weight is 279 g/mol. The van der Waals surface area contributed by atoms with E-state index in [4.69, 9.17) is 0 Å². The number of anilines is 1. The highest BCUT2D eigenvalue weighted by atomic mass is 16.2. The minimum atomic E-state index is -0.426. The molecule has 0 radical (unpaired) electrons. The van der Waals surface area contributed by atoms with Crippen molar-refractivity contribution in [1.29, 1.82) is 0 Å². The summed E-state index contributed by atoms with van der Waals surface area (Å²) < 4.78 is 0. The van der Waals surface area contributed by atoms with Gasteiger partial charge < -0.3 is 16.0 Å². The molecule has 20 heavy (non-hydrogen) atoms. The number of nitrogens with zero attached hydrogens (tertiary/aromatic N) is 2. The number of aromatic nitrogens is 2. The molecule has 1 rings (SSSR count). The molecule has 0 atom stereocenters. The summed E-state index contributed by atoms with van der Waals surface area (Å²) in [5.41, 5.74) is -0.148. The van der Waals surface area contributed by atoms with E-state index in [1.54, 1.807) is 12.1 Å². The van der Waals surface area contributed by atoms with E-state index >= 15 is 0 Å². The summed E-state index contributed by atoms with van der Waals surface area (Å²) in [6.45, 7) is 8.20. The molecule has 0 unspecified atom stereocenters. The molecule has 0 aromatic carbocycles. The number of hydrogen-bond acceptors (Lipinski definition) is 5. The van der Waals surface area contributed by atoms with E-state index in [-0.39, 0.29) is 23.7 Å². The van der Waals surface area contributed by atoms with Crippen molar-refractivity contribution in [2.24, 2.45) is 0 Å². The van der Waals surface area contributed by atoms with Gasteiger partial charge >= 0.3 is 0 Å². The second-order valence-electron chi connectivity index (χ2n) is 5.31. The van der Waals surface area contributed by atoms with Crippen LogP contribution >= 0.6 is 0 Å². The lowest BCUT2D eigenvalue weighted by atomic mass is 10.1. The monoisotopic (exact) mass is 279 g/mol. The van der Waals surface area contributed by atoms with Crippen molar-refractivity contribution in [2.45, 2.75) is 33.2 Å². The van der Waals surface area contributed by atoms with Gasteiger partial charge in [0, 0.05) is 12.1 Å². The van der Waals surface area contributed by atoms with Gasteiger partial charge in [0.25, 0.3) is 5.91 Å². The maximum Gasteiger partial charge on any atom is 0.272 e. The Morgan fingerprint density at radius 3 is 2.40 bits per heavy atom. The van der Waals surface area contributed by atoms with E-state index < -0.39 is 5.91 Å². The van der Waals surface area contributed by atoms with Crippen LogP contribution in [-0.4, -0.2) is 40.6 Å². The molecule has 7 nitrogen and oxygen atoms in total. The normalized spacial score (nSPS) is 10.8. The maximum atomic E-state index is 11.8. The minimum Gasteiger partial charge on any atom is -0.369 e. The molecule has 1 aromatic rings. The zero-order chi connectivity index (χ0) is 15.2. The molecule has 0 aliphatic rings. The first-order valence-electron chi connectivity index (χ1n) is 6.48. The summed E-state index contributed by atoms with van der Waals surface area (Å²) in [6, 6.07) is 3.22. The van der Waals surface area contributed by atoms with Crippen molar-refractivity contribution in [1.82, 2.24) is 20.8 Å². The van der Waals surface area contributed by atoms with Crippen molar-refractivity contribution in [3.8, 4) is 0 Å². The third-order valence-corrected chi connectivity index (χ3v) is 2.18. The molecular formula is C13H21N5O2. The summed E-state index contributed by atoms with van der Waals surface area (Å²) >= 11 is 0. The van der Waals surface area contributed by atoms with Crippen molar-refractivity contribution in [3.63, 3.8) is 0 Å². The van der Waals surface area contributed by atoms with Crippen molar-refractivity contribution in [3.05, 3.63) is 17.8 Å². The zero-order valence-electron chi connectivity index (χ0n) is 12.3. The van der Waals surface area contributed by atoms with Crippen LogP contribution in [0.3, 0.4) is 0 Å². The Morgan fingerprint density at radius 1 is 1.20 bits per heavy atom. The van der Waals surface area contributed by atoms with E-state index in [1.807, 2.05) is 27.7 Å². The third-order valence-electron chi connectivity index (χ3n) is 2.18. The van der Waals surface area contributed by atoms with Crippen LogP contribution in [0.25, 0.3) is 0 Å². The Balaban J connectivity index is 2.48. The molecule has 0 spiro atoms. The lowest BCUT2D eigenvalue weighted by Gasteiger charge is -2.20. The number of nitrogens with one attached hydrogen (secondary N) is 3. The number of amides is 2. The lowest BCUT2D eigenvalue weighted by Crippen LogP contribution is -2.45. The fraction of sp³-hybridized carbons (Fsp3) is 0.538. The summed E-state index contributed by atoms with van der Waals surface area (Å²) in [4.78, 5) is 23.3. The van der Waals surface area contributed by atoms with Gasteiger partial charge in [-0.15, -0.1) is 10.2 Å². The SMILES string of the molecule is CCNc1ccc(C(=O)NCC(=O)NC(C)(C)C)nn1. The van der Waals surface area contributed by atoms with Gasteiger partial charge in [-0.3, -0.25) is 9.59 Å². The highest BCUT2D eigenvalue weighted by Gasteiger charge is 2.15. The van der Waals surface area contributed by atoms with Crippen molar-refractivity contribution < 1.29 is 9.59 Å². The van der Waals surface area contributed by atoms with Crippen LogP contribution in [0.2, 0.25) is 0 Å². The number of rotatable bonds is 5. The Bertz CT molecular complexity index is 465. The quantitative estimate of drug-likeness (QED) is 0.731. The van der Waals surface area contributed by atoms with Crippen LogP contribution in [0, 0.1) is 0 Å². The fourth-order valence-electron chi connectivity index (χ4n) is 1.44. The second kappa shape index (κ2) is 6.83. The van der Waals surface area contributed by atoms with Gasteiger partial charge in [0.1, 0.15) is 5.82 Å². The molecule has 2 amide bonds. The Morgan fingerprint density at radius 2 is 1.90 bits per heavy atom. The van der Waals surface area contributed by atoms with Gasteiger partial charge in [0.15, 0.2) is 5.69 Å². The molecule has 110 valence electrons. The van der Waals surface area contributed by atoms with Crippen LogP contribution in [0.1, 0.15) is 38.2 Å². The van der Waals surface area contributed by atoms with Crippen LogP contribution in [0.15, 0.2) is 12.1 Å². The molecule has 3 N–H and O–H groups in total. The standard InChI is InChI=1S/C13H21N5O2/c1-5-14-10-7-6-9(17-18-10)12(20)15-8-11(19)16-13(2,3)4/h6-7H,5,8H2,1-4H3,(H,14,18)(H,15,20)(H,16,19). The maximum absolute atomic E-state index is 11.8. The van der Waals surface area contributed by atoms with Gasteiger partial charge in [0.05, 0.1) is 6.54 Å². The number of carbonyl (C=O) groups is 2. The van der Waals surface area contributed by atoms with E-state index in [9.17, 15) is 9.59 Å². The molecule has 0 aliphatic carbocycles. The predicted octanol–water partition coefficient (Wildman–Crippen LogP) is 0.553. The van der Waals surface area contributed by atoms with Gasteiger partial charge in [-0.25, -0.2) is 0 Å². The second-order valence-corrected chi connectivity index (χ2v) is 5.31. The van der Waals surface area contributed by atoms with Gasteiger partial charge in [0.2, 0.25) is 5.91 Å². The summed E-state index contributed by atoms with van der Waals surface area (Å²) in [6.07, 6.45) is 0. The van der Waals surface area contributed by atoms with E-state index in [2.05, 4.69) is 26.1 Å². The average Bonchev–Trinajstić information content (AvgIpc) is 2.35. The van der Waals surface area contributed by atoms with E-state index in [0.717, 1.165) is 6.54 Å². The van der Waals surface area contributed by atoms with Crippen LogP contribution in [0.5, 0.6) is 0 Å². The molecule has 7 heteroatoms. The minimum absolute atomic E-state index is 0.0905. The largest absolute Gasteiger partial charge is 0.369 e. The molecule has 0 saturated carbocycles. The molecule has 1 heterocycles. The van der Waals surface area contributed by atoms with Crippen molar-refractivity contribution in [2.75, 3.05) is 18.4 Å². The van der Waals surface area contributed by atoms with Gasteiger partial charge in [-0.05, 0) is 39.8 Å². The van der Waals surface area contributed by atoms with Gasteiger partial charge in [-0.1, -0.05) is 0 Å². The predicted molar refractivity (Wildman–Crippen MR) is 76.4 cm³/mol. The molecule has 1 aromatic heterocycles. The Kier molecular flexibility index (Phi) is 5.42. The molecule has 0 aliphatic heterocycles. The van der Waals surface area contributed by atoms with Crippen LogP contribution < -0.4 is 16.0 Å². The zero-order valence-corrected chi connectivity index (χ0v) is 12.3. The Labute approximate surface area is 118 Å². The summed E-state index contributed by atoms with van der Waals surface area (Å²) in [7, 11) is 0. The first kappa shape index (κ1) is 15.9. The topological polar surface area (TPSA) is 96.0 Å². The molecule has 0 fully saturated rings.